The third-order valence-electron chi connectivity index (χ3n) is 2.30. The number of hydrogen-bond acceptors (Lipinski definition) is 2. The predicted molar refractivity (Wildman–Crippen MR) is 60.5 cm³/mol. The molecule has 2 aromatic rings. The van der Waals surface area contributed by atoms with E-state index in [0.717, 1.165) is 11.3 Å². The normalized spacial score (nSPS) is 10.9. The summed E-state index contributed by atoms with van der Waals surface area (Å²) in [4.78, 5) is 0. The Hall–Kier alpha value is -0.730. The van der Waals surface area contributed by atoms with Gasteiger partial charge >= 0.3 is 0 Å². The van der Waals surface area contributed by atoms with Crippen molar-refractivity contribution in [2.24, 2.45) is 0 Å². The van der Waals surface area contributed by atoms with Crippen molar-refractivity contribution < 1.29 is 0 Å². The Morgan fingerprint density at radius 3 is 3.00 bits per heavy atom. The molecule has 13 heavy (non-hydrogen) atoms. The molecule has 2 N–H and O–H groups in total. The van der Waals surface area contributed by atoms with Crippen LogP contribution in [0.2, 0.25) is 0 Å². The molecule has 0 saturated carbocycles. The fraction of sp³-hybridized carbons (Fsp3) is 0.200. The number of alkyl halides is 1. The van der Waals surface area contributed by atoms with Gasteiger partial charge in [0.2, 0.25) is 0 Å². The fourth-order valence-electron chi connectivity index (χ4n) is 1.46. The zero-order valence-corrected chi connectivity index (χ0v) is 8.88. The highest BCUT2D eigenvalue weighted by atomic mass is 35.5. The number of thiophene rings is 1. The number of fused-ring (bicyclic) bond motifs is 1. The minimum absolute atomic E-state index is 0.536. The fourth-order valence-corrected chi connectivity index (χ4v) is 2.85. The maximum atomic E-state index is 5.89. The lowest BCUT2D eigenvalue weighted by atomic mass is 10.1. The molecule has 0 fully saturated rings. The zero-order valence-electron chi connectivity index (χ0n) is 7.30. The Balaban J connectivity index is 2.87. The summed E-state index contributed by atoms with van der Waals surface area (Å²) in [7, 11) is 0. The summed E-state index contributed by atoms with van der Waals surface area (Å²) >= 11 is 7.61. The van der Waals surface area contributed by atoms with Gasteiger partial charge in [0, 0.05) is 16.3 Å². The van der Waals surface area contributed by atoms with Gasteiger partial charge in [-0.15, -0.1) is 22.9 Å². The van der Waals surface area contributed by atoms with Crippen LogP contribution in [0, 0.1) is 6.92 Å². The lowest BCUT2D eigenvalue weighted by molar-refractivity contribution is 1.35. The number of anilines is 1. The topological polar surface area (TPSA) is 26.0 Å². The quantitative estimate of drug-likeness (QED) is 0.567. The van der Waals surface area contributed by atoms with E-state index in [-0.39, 0.29) is 0 Å². The number of nitrogen functional groups attached to an aromatic ring is 1. The summed E-state index contributed by atoms with van der Waals surface area (Å²) in [6.07, 6.45) is 0. The van der Waals surface area contributed by atoms with Gasteiger partial charge in [-0.05, 0) is 40.9 Å². The van der Waals surface area contributed by atoms with Gasteiger partial charge in [0.05, 0.1) is 0 Å². The highest BCUT2D eigenvalue weighted by molar-refractivity contribution is 7.17. The van der Waals surface area contributed by atoms with E-state index in [9.17, 15) is 0 Å². The average Bonchev–Trinajstić information content (AvgIpc) is 2.54. The number of rotatable bonds is 1. The summed E-state index contributed by atoms with van der Waals surface area (Å²) in [5.41, 5.74) is 8.99. The van der Waals surface area contributed by atoms with E-state index in [1.807, 2.05) is 13.0 Å². The van der Waals surface area contributed by atoms with Crippen molar-refractivity contribution in [3.8, 4) is 0 Å². The van der Waals surface area contributed by atoms with E-state index in [2.05, 4.69) is 11.4 Å². The molecule has 1 nitrogen and oxygen atoms in total. The minimum atomic E-state index is 0.536. The van der Waals surface area contributed by atoms with Gasteiger partial charge < -0.3 is 5.73 Å². The maximum absolute atomic E-state index is 5.89. The summed E-state index contributed by atoms with van der Waals surface area (Å²) in [5, 5.41) is 3.27. The van der Waals surface area contributed by atoms with Crippen molar-refractivity contribution in [2.45, 2.75) is 12.8 Å². The average molecular weight is 212 g/mol. The molecule has 0 amide bonds. The van der Waals surface area contributed by atoms with Gasteiger partial charge in [-0.1, -0.05) is 0 Å². The van der Waals surface area contributed by atoms with Crippen molar-refractivity contribution >= 4 is 38.7 Å². The van der Waals surface area contributed by atoms with E-state index in [1.165, 1.54) is 15.6 Å². The van der Waals surface area contributed by atoms with Crippen LogP contribution in [0.5, 0.6) is 0 Å². The smallest absolute Gasteiger partial charge is 0.0491 e. The first-order valence-corrected chi connectivity index (χ1v) is 5.46. The largest absolute Gasteiger partial charge is 0.398 e. The molecule has 1 heterocycles. The van der Waals surface area contributed by atoms with Crippen molar-refractivity contribution in [1.82, 2.24) is 0 Å². The van der Waals surface area contributed by atoms with Gasteiger partial charge in [0.15, 0.2) is 0 Å². The molecule has 0 atom stereocenters. The zero-order chi connectivity index (χ0) is 9.42. The van der Waals surface area contributed by atoms with Crippen molar-refractivity contribution in [1.29, 1.82) is 0 Å². The molecule has 3 heteroatoms. The van der Waals surface area contributed by atoms with Crippen LogP contribution in [-0.2, 0) is 5.88 Å². The van der Waals surface area contributed by atoms with Crippen LogP contribution in [0.4, 0.5) is 5.69 Å². The van der Waals surface area contributed by atoms with Gasteiger partial charge in [-0.2, -0.15) is 0 Å². The second-order valence-electron chi connectivity index (χ2n) is 3.04. The molecule has 1 aromatic heterocycles. The van der Waals surface area contributed by atoms with Crippen LogP contribution in [-0.4, -0.2) is 0 Å². The highest BCUT2D eigenvalue weighted by Crippen LogP contribution is 2.32. The summed E-state index contributed by atoms with van der Waals surface area (Å²) in [6.45, 7) is 2.02. The Kier molecular flexibility index (Phi) is 2.18. The molecular weight excluding hydrogens is 202 g/mol. The van der Waals surface area contributed by atoms with E-state index >= 15 is 0 Å². The molecule has 0 spiro atoms. The van der Waals surface area contributed by atoms with Crippen LogP contribution in [0.1, 0.15) is 11.1 Å². The lowest BCUT2D eigenvalue weighted by Gasteiger charge is -2.06. The first-order chi connectivity index (χ1) is 6.24. The summed E-state index contributed by atoms with van der Waals surface area (Å²) in [6, 6.07) is 4.09. The van der Waals surface area contributed by atoms with Crippen LogP contribution < -0.4 is 5.73 Å². The number of hydrogen-bond donors (Lipinski definition) is 1. The summed E-state index contributed by atoms with van der Waals surface area (Å²) < 4.78 is 1.27. The van der Waals surface area contributed by atoms with Crippen molar-refractivity contribution in [2.75, 3.05) is 5.73 Å². The van der Waals surface area contributed by atoms with Gasteiger partial charge in [0.1, 0.15) is 0 Å². The predicted octanol–water partition coefficient (Wildman–Crippen LogP) is 3.53. The third kappa shape index (κ3) is 1.30. The minimum Gasteiger partial charge on any atom is -0.398 e. The Bertz CT molecular complexity index is 447. The molecule has 0 radical (unpaired) electrons. The molecule has 68 valence electrons. The molecule has 0 bridgehead atoms. The second kappa shape index (κ2) is 3.20. The lowest BCUT2D eigenvalue weighted by Crippen LogP contribution is -1.93. The van der Waals surface area contributed by atoms with E-state index in [0.29, 0.717) is 5.88 Å². The molecule has 0 aliphatic rings. The molecule has 0 saturated heterocycles. The Labute approximate surface area is 86.1 Å². The molecule has 0 aliphatic carbocycles. The molecule has 1 aromatic carbocycles. The van der Waals surface area contributed by atoms with E-state index in [1.54, 1.807) is 11.3 Å². The van der Waals surface area contributed by atoms with Crippen molar-refractivity contribution in [3.05, 3.63) is 28.6 Å². The molecular formula is C10H10ClNS. The van der Waals surface area contributed by atoms with Crippen LogP contribution >= 0.6 is 22.9 Å². The molecule has 0 unspecified atom stereocenters. The van der Waals surface area contributed by atoms with Gasteiger partial charge in [-0.25, -0.2) is 0 Å². The standard InChI is InChI=1S/C10H10ClNS/c1-6-8(5-11)10-7(2-3-13-10)4-9(6)12/h2-4H,5,12H2,1H3. The first kappa shape index (κ1) is 8.85. The van der Waals surface area contributed by atoms with Gasteiger partial charge in [0.25, 0.3) is 0 Å². The SMILES string of the molecule is Cc1c(N)cc2ccsc2c1CCl. The Morgan fingerprint density at radius 2 is 2.31 bits per heavy atom. The van der Waals surface area contributed by atoms with Crippen LogP contribution in [0.15, 0.2) is 17.5 Å². The van der Waals surface area contributed by atoms with Gasteiger partial charge in [-0.3, -0.25) is 0 Å². The maximum Gasteiger partial charge on any atom is 0.0491 e. The van der Waals surface area contributed by atoms with Crippen LogP contribution in [0.25, 0.3) is 10.1 Å². The third-order valence-corrected chi connectivity index (χ3v) is 3.56. The second-order valence-corrected chi connectivity index (χ2v) is 4.23. The first-order valence-electron chi connectivity index (χ1n) is 4.05. The highest BCUT2D eigenvalue weighted by Gasteiger charge is 2.07. The number of halogens is 1. The van der Waals surface area contributed by atoms with Crippen LogP contribution in [0.3, 0.4) is 0 Å². The van der Waals surface area contributed by atoms with Crippen molar-refractivity contribution in [3.63, 3.8) is 0 Å². The number of nitrogens with two attached hydrogens (primary N) is 1. The van der Waals surface area contributed by atoms with E-state index in [4.69, 9.17) is 17.3 Å². The molecule has 2 rings (SSSR count). The monoisotopic (exact) mass is 211 g/mol. The molecule has 0 aliphatic heterocycles. The Morgan fingerprint density at radius 1 is 1.54 bits per heavy atom. The number of benzene rings is 1. The summed E-state index contributed by atoms with van der Waals surface area (Å²) in [5.74, 6) is 0.536. The van der Waals surface area contributed by atoms with E-state index < -0.39 is 0 Å².